The second-order valence-electron chi connectivity index (χ2n) is 8.19. The van der Waals surface area contributed by atoms with Crippen molar-refractivity contribution in [2.75, 3.05) is 20.2 Å². The molecule has 8 nitrogen and oxygen atoms in total. The lowest BCUT2D eigenvalue weighted by Gasteiger charge is -2.32. The quantitative estimate of drug-likeness (QED) is 0.454. The van der Waals surface area contributed by atoms with Crippen LogP contribution in [0.25, 0.3) is 5.57 Å². The van der Waals surface area contributed by atoms with Gasteiger partial charge in [0.25, 0.3) is 0 Å². The molecular formula is C22H20ClF3N6O2S. The summed E-state index contributed by atoms with van der Waals surface area (Å²) in [6.07, 6.45) is 2.97. The molecule has 2 aliphatic rings. The smallest absolute Gasteiger partial charge is 0.333 e. The van der Waals surface area contributed by atoms with Gasteiger partial charge in [-0.2, -0.15) is 19.4 Å². The molecule has 5 rings (SSSR count). The monoisotopic (exact) mass is 524 g/mol. The number of thiazole rings is 1. The maximum atomic E-state index is 13.9. The van der Waals surface area contributed by atoms with Crippen molar-refractivity contribution in [1.29, 1.82) is 0 Å². The van der Waals surface area contributed by atoms with E-state index in [1.165, 1.54) is 48.9 Å². The summed E-state index contributed by atoms with van der Waals surface area (Å²) in [5.41, 5.74) is 3.28. The lowest BCUT2D eigenvalue weighted by molar-refractivity contribution is -0.00442. The van der Waals surface area contributed by atoms with Crippen LogP contribution < -0.4 is 5.48 Å². The third-order valence-corrected chi connectivity index (χ3v) is 6.97. The summed E-state index contributed by atoms with van der Waals surface area (Å²) in [6.45, 7) is -2.57. The van der Waals surface area contributed by atoms with Gasteiger partial charge in [-0.05, 0) is 18.2 Å². The number of nitrogens with zero attached hydrogens (tertiary/aromatic N) is 5. The maximum absolute atomic E-state index is 13.9. The standard InChI is InChI=1S/C22H20ClF3N6O2S/c1-34-28-10-22(33)9-16-17(15-4-6-32(30-15)21(25)26)18(13-3-2-12(24)8-14(13)23)29-19(31(16)11-22)20-27-5-7-35-20/h2-8,18,21,28,33H,9-11H2,1H3/t18-,22+/m0/s1. The summed E-state index contributed by atoms with van der Waals surface area (Å²) in [5.74, 6) is -0.0249. The van der Waals surface area contributed by atoms with Crippen molar-refractivity contribution < 1.29 is 23.1 Å². The van der Waals surface area contributed by atoms with Gasteiger partial charge in [-0.25, -0.2) is 14.1 Å². The molecule has 1 aromatic carbocycles. The summed E-state index contributed by atoms with van der Waals surface area (Å²) in [5, 5.41) is 18.0. The molecule has 2 atom stereocenters. The molecule has 184 valence electrons. The number of hydrogen-bond donors (Lipinski definition) is 2. The van der Waals surface area contributed by atoms with Crippen LogP contribution in [0.4, 0.5) is 13.2 Å². The lowest BCUT2D eigenvalue weighted by Crippen LogP contribution is -2.44. The van der Waals surface area contributed by atoms with Gasteiger partial charge in [0.1, 0.15) is 17.5 Å². The van der Waals surface area contributed by atoms with E-state index in [2.05, 4.69) is 15.6 Å². The molecule has 0 aliphatic carbocycles. The molecule has 0 amide bonds. The number of aliphatic imine (C=N–C) groups is 1. The first-order valence-electron chi connectivity index (χ1n) is 10.5. The highest BCUT2D eigenvalue weighted by Gasteiger charge is 2.47. The minimum atomic E-state index is -2.83. The molecule has 13 heteroatoms. The summed E-state index contributed by atoms with van der Waals surface area (Å²) in [7, 11) is 1.45. The van der Waals surface area contributed by atoms with Crippen LogP contribution >= 0.6 is 22.9 Å². The number of rotatable bonds is 7. The summed E-state index contributed by atoms with van der Waals surface area (Å²) < 4.78 is 41.1. The van der Waals surface area contributed by atoms with Crippen LogP contribution in [0.1, 0.15) is 35.3 Å². The van der Waals surface area contributed by atoms with Crippen molar-refractivity contribution in [2.24, 2.45) is 4.99 Å². The van der Waals surface area contributed by atoms with Gasteiger partial charge in [-0.1, -0.05) is 17.7 Å². The molecule has 0 unspecified atom stereocenters. The first-order chi connectivity index (χ1) is 16.8. The average molecular weight is 525 g/mol. The van der Waals surface area contributed by atoms with Crippen LogP contribution in [0.2, 0.25) is 5.02 Å². The predicted octanol–water partition coefficient (Wildman–Crippen LogP) is 4.03. The third-order valence-electron chi connectivity index (χ3n) is 5.88. The normalized spacial score (nSPS) is 22.2. The molecule has 2 aliphatic heterocycles. The van der Waals surface area contributed by atoms with Gasteiger partial charge in [0.15, 0.2) is 10.8 Å². The number of alkyl halides is 2. The summed E-state index contributed by atoms with van der Waals surface area (Å²) in [4.78, 5) is 16.1. The van der Waals surface area contributed by atoms with E-state index in [0.29, 0.717) is 32.4 Å². The average Bonchev–Trinajstić information content (AvgIpc) is 3.57. The Bertz CT molecular complexity index is 1300. The van der Waals surface area contributed by atoms with Crippen LogP contribution in [0.3, 0.4) is 0 Å². The van der Waals surface area contributed by atoms with E-state index in [-0.39, 0.29) is 30.2 Å². The van der Waals surface area contributed by atoms with Gasteiger partial charge in [0.2, 0.25) is 0 Å². The van der Waals surface area contributed by atoms with Crippen molar-refractivity contribution in [3.63, 3.8) is 0 Å². The molecule has 1 fully saturated rings. The zero-order valence-electron chi connectivity index (χ0n) is 18.3. The van der Waals surface area contributed by atoms with Crippen LogP contribution in [-0.2, 0) is 4.84 Å². The Balaban J connectivity index is 1.72. The zero-order chi connectivity index (χ0) is 24.7. The number of fused-ring (bicyclic) bond motifs is 1. The predicted molar refractivity (Wildman–Crippen MR) is 124 cm³/mol. The van der Waals surface area contributed by atoms with E-state index < -0.39 is 24.0 Å². The minimum absolute atomic E-state index is 0.107. The number of aromatic nitrogens is 3. The fourth-order valence-corrected chi connectivity index (χ4v) is 5.28. The van der Waals surface area contributed by atoms with Gasteiger partial charge in [-0.3, -0.25) is 4.99 Å². The van der Waals surface area contributed by atoms with E-state index in [4.69, 9.17) is 21.4 Å². The van der Waals surface area contributed by atoms with E-state index in [1.807, 2.05) is 4.90 Å². The summed E-state index contributed by atoms with van der Waals surface area (Å²) in [6, 6.07) is 4.62. The fraction of sp³-hybridized carbons (Fsp3) is 0.318. The topological polar surface area (TPSA) is 87.8 Å². The van der Waals surface area contributed by atoms with Gasteiger partial charge < -0.3 is 14.8 Å². The Morgan fingerprint density at radius 1 is 1.37 bits per heavy atom. The van der Waals surface area contributed by atoms with Gasteiger partial charge >= 0.3 is 6.55 Å². The van der Waals surface area contributed by atoms with Crippen LogP contribution in [0, 0.1) is 5.82 Å². The van der Waals surface area contributed by atoms with E-state index >= 15 is 0 Å². The first kappa shape index (κ1) is 23.9. The molecule has 0 spiro atoms. The number of amidine groups is 1. The molecule has 35 heavy (non-hydrogen) atoms. The van der Waals surface area contributed by atoms with Gasteiger partial charge in [0, 0.05) is 46.1 Å². The summed E-state index contributed by atoms with van der Waals surface area (Å²) >= 11 is 7.80. The molecular weight excluding hydrogens is 505 g/mol. The lowest BCUT2D eigenvalue weighted by atomic mass is 9.91. The third kappa shape index (κ3) is 4.47. The molecule has 2 aromatic heterocycles. The van der Waals surface area contributed by atoms with E-state index in [9.17, 15) is 18.3 Å². The highest BCUT2D eigenvalue weighted by atomic mass is 35.5. The second kappa shape index (κ2) is 9.36. The van der Waals surface area contributed by atoms with Crippen molar-refractivity contribution in [3.8, 4) is 0 Å². The number of nitrogens with one attached hydrogen (secondary N) is 1. The van der Waals surface area contributed by atoms with Crippen LogP contribution in [0.15, 0.2) is 52.7 Å². The first-order valence-corrected chi connectivity index (χ1v) is 11.8. The van der Waals surface area contributed by atoms with Gasteiger partial charge in [-0.15, -0.1) is 11.3 Å². The Kier molecular flexibility index (Phi) is 6.40. The van der Waals surface area contributed by atoms with Crippen molar-refractivity contribution in [2.45, 2.75) is 24.6 Å². The molecule has 0 saturated carbocycles. The Hall–Kier alpha value is -2.77. The Morgan fingerprint density at radius 3 is 2.86 bits per heavy atom. The van der Waals surface area contributed by atoms with Crippen LogP contribution in [0.5, 0.6) is 0 Å². The highest BCUT2D eigenvalue weighted by Crippen LogP contribution is 2.48. The molecule has 0 radical (unpaired) electrons. The number of halogens is 4. The number of hydrogen-bond acceptors (Lipinski definition) is 8. The zero-order valence-corrected chi connectivity index (χ0v) is 19.9. The van der Waals surface area contributed by atoms with Gasteiger partial charge in [0.05, 0.1) is 25.9 Å². The fourth-order valence-electron chi connectivity index (χ4n) is 4.37. The molecule has 1 saturated heterocycles. The van der Waals surface area contributed by atoms with Crippen molar-refractivity contribution >= 4 is 34.3 Å². The Labute approximate surface area is 207 Å². The molecule has 0 bridgehead atoms. The number of benzene rings is 1. The SMILES string of the molecule is CONC[C@]1(O)CC2=C(c3ccn(C(F)F)n3)[C@H](c3ccc(F)cc3Cl)N=C(c3nccs3)N2C1. The number of aliphatic hydroxyl groups is 1. The highest BCUT2D eigenvalue weighted by molar-refractivity contribution is 7.11. The van der Waals surface area contributed by atoms with E-state index in [0.717, 1.165) is 0 Å². The largest absolute Gasteiger partial charge is 0.386 e. The molecule has 2 N–H and O–H groups in total. The van der Waals surface area contributed by atoms with Crippen LogP contribution in [-0.4, -0.2) is 56.4 Å². The maximum Gasteiger partial charge on any atom is 0.333 e. The van der Waals surface area contributed by atoms with Crippen molar-refractivity contribution in [3.05, 3.63) is 74.8 Å². The Morgan fingerprint density at radius 2 is 2.20 bits per heavy atom. The van der Waals surface area contributed by atoms with Crippen molar-refractivity contribution in [1.82, 2.24) is 25.1 Å². The second-order valence-corrected chi connectivity index (χ2v) is 9.49. The minimum Gasteiger partial charge on any atom is -0.386 e. The molecule has 4 heterocycles. The number of hydroxylamine groups is 1. The van der Waals surface area contributed by atoms with E-state index in [1.54, 1.807) is 11.6 Å². The molecule has 3 aromatic rings.